The van der Waals surface area contributed by atoms with Crippen molar-refractivity contribution >= 4 is 29.3 Å². The van der Waals surface area contributed by atoms with Gasteiger partial charge in [-0.2, -0.15) is 0 Å². The molecule has 0 spiro atoms. The first-order valence-corrected chi connectivity index (χ1v) is 17.4. The van der Waals surface area contributed by atoms with E-state index < -0.39 is 41.4 Å². The van der Waals surface area contributed by atoms with Gasteiger partial charge in [-0.3, -0.25) is 14.4 Å². The number of esters is 1. The summed E-state index contributed by atoms with van der Waals surface area (Å²) in [6.45, 7) is 12.8. The highest BCUT2D eigenvalue weighted by Gasteiger charge is 2.51. The minimum Gasteiger partial charge on any atom is -0.463 e. The van der Waals surface area contributed by atoms with Crippen molar-refractivity contribution in [3.8, 4) is 0 Å². The summed E-state index contributed by atoms with van der Waals surface area (Å²) in [6.07, 6.45) is -1.19. The number of benzene rings is 1. The van der Waals surface area contributed by atoms with Crippen molar-refractivity contribution in [2.24, 2.45) is 17.3 Å². The summed E-state index contributed by atoms with van der Waals surface area (Å²) in [4.78, 5) is 47.1. The summed E-state index contributed by atoms with van der Waals surface area (Å²) in [5, 5.41) is 11.9. The summed E-state index contributed by atoms with van der Waals surface area (Å²) < 4.78 is 24.7. The molecule has 8 atom stereocenters. The second kappa shape index (κ2) is 17.2. The van der Waals surface area contributed by atoms with Gasteiger partial charge in [-0.05, 0) is 105 Å². The topological polar surface area (TPSA) is 118 Å². The molecule has 3 rings (SSSR count). The first-order valence-electron chi connectivity index (χ1n) is 17.1. The van der Waals surface area contributed by atoms with Crippen LogP contribution < -0.4 is 0 Å². The molecule has 0 aromatic heterocycles. The fourth-order valence-electron chi connectivity index (χ4n) is 7.14. The van der Waals surface area contributed by atoms with Crippen LogP contribution in [0.5, 0.6) is 0 Å². The van der Waals surface area contributed by atoms with Crippen molar-refractivity contribution in [2.45, 2.75) is 97.0 Å². The Labute approximate surface area is 292 Å². The molecule has 1 aromatic rings. The summed E-state index contributed by atoms with van der Waals surface area (Å²) in [7, 11) is 7.45. The first kappa shape index (κ1) is 40.3. The normalized spacial score (nSPS) is 33.7. The van der Waals surface area contributed by atoms with Gasteiger partial charge in [-0.15, -0.1) is 0 Å². The molecular weight excluding hydrogens is 638 g/mol. The lowest BCUT2D eigenvalue weighted by Crippen LogP contribution is -2.59. The van der Waals surface area contributed by atoms with E-state index in [2.05, 4.69) is 11.8 Å². The molecule has 12 heteroatoms. The van der Waals surface area contributed by atoms with Gasteiger partial charge in [0.15, 0.2) is 12.1 Å². The lowest BCUT2D eigenvalue weighted by Gasteiger charge is -2.47. The molecule has 0 bridgehead atoms. The van der Waals surface area contributed by atoms with Gasteiger partial charge in [0.05, 0.1) is 24.4 Å². The van der Waals surface area contributed by atoms with Crippen LogP contribution in [0.4, 0.5) is 0 Å². The van der Waals surface area contributed by atoms with Crippen LogP contribution in [0.1, 0.15) is 71.2 Å². The maximum atomic E-state index is 14.3. The third-order valence-electron chi connectivity index (χ3n) is 9.94. The number of halogens is 1. The molecule has 2 saturated heterocycles. The molecule has 1 amide bonds. The van der Waals surface area contributed by atoms with Gasteiger partial charge in [0.1, 0.15) is 18.1 Å². The Morgan fingerprint density at radius 3 is 2.31 bits per heavy atom. The number of Topliss-reactive ketones (excluding diaryl/α,β-unsaturated/α-hetero) is 1. The van der Waals surface area contributed by atoms with Gasteiger partial charge >= 0.3 is 5.97 Å². The largest absolute Gasteiger partial charge is 0.463 e. The molecule has 0 unspecified atom stereocenters. The maximum absolute atomic E-state index is 14.3. The number of aliphatic hydroxyl groups excluding tert-OH is 1. The molecule has 0 aliphatic carbocycles. The third kappa shape index (κ3) is 9.99. The van der Waals surface area contributed by atoms with Gasteiger partial charge in [-0.25, -0.2) is 0 Å². The summed E-state index contributed by atoms with van der Waals surface area (Å²) in [5.41, 5.74) is -2.03. The first-order chi connectivity index (χ1) is 22.4. The number of methoxy groups -OCH3 is 1. The lowest BCUT2D eigenvalue weighted by molar-refractivity contribution is -0.295. The van der Waals surface area contributed by atoms with Crippen molar-refractivity contribution in [2.75, 3.05) is 61.0 Å². The zero-order valence-corrected chi connectivity index (χ0v) is 31.3. The highest BCUT2D eigenvalue weighted by atomic mass is 35.5. The summed E-state index contributed by atoms with van der Waals surface area (Å²) >= 11 is 6.04. The van der Waals surface area contributed by atoms with Gasteiger partial charge in [0.25, 0.3) is 5.91 Å². The monoisotopic (exact) mass is 695 g/mol. The predicted molar refractivity (Wildman–Crippen MR) is 185 cm³/mol. The standard InChI is InChI=1S/C36H58ClN3O8/c1-23-21-36(6,45-10)31(48-33-29(41)28(38(7)8)20-24(2)47-33)25(3)30(42)35(4,5)34(44)46-19-18-40(17-11-16-39(9)22-23)32(43)26-12-14-27(37)15-13-26/h12-15,23-25,28-29,31,33,41H,11,16-22H2,1-10H3/t23-,24-,25+,28+,29-,31-,33+,36-/m1/s1. The van der Waals surface area contributed by atoms with Gasteiger partial charge in [0.2, 0.25) is 0 Å². The number of hydrogen-bond donors (Lipinski definition) is 1. The highest BCUT2D eigenvalue weighted by molar-refractivity contribution is 6.30. The Bertz CT molecular complexity index is 1230. The quantitative estimate of drug-likeness (QED) is 0.356. The predicted octanol–water partition coefficient (Wildman–Crippen LogP) is 4.13. The number of amides is 1. The van der Waals surface area contributed by atoms with E-state index in [4.69, 9.17) is 30.5 Å². The fourth-order valence-corrected chi connectivity index (χ4v) is 7.27. The number of nitrogens with zero attached hydrogens (tertiary/aromatic N) is 3. The van der Waals surface area contributed by atoms with Crippen LogP contribution in [-0.2, 0) is 28.5 Å². The number of ether oxygens (including phenoxy) is 4. The van der Waals surface area contributed by atoms with E-state index >= 15 is 0 Å². The van der Waals surface area contributed by atoms with Crippen LogP contribution in [0.25, 0.3) is 0 Å². The zero-order valence-electron chi connectivity index (χ0n) is 30.5. The fraction of sp³-hybridized carbons (Fsp3) is 0.750. The number of ketones is 1. The molecule has 1 N–H and O–H groups in total. The molecular formula is C36H58ClN3O8. The molecule has 272 valence electrons. The molecule has 2 aliphatic rings. The minimum atomic E-state index is -1.54. The molecule has 1 aromatic carbocycles. The van der Waals surface area contributed by atoms with Crippen LogP contribution in [0.3, 0.4) is 0 Å². The summed E-state index contributed by atoms with van der Waals surface area (Å²) in [5.74, 6) is -1.99. The highest BCUT2D eigenvalue weighted by Crippen LogP contribution is 2.38. The zero-order chi connectivity index (χ0) is 36.0. The van der Waals surface area contributed by atoms with E-state index in [-0.39, 0.29) is 42.9 Å². The summed E-state index contributed by atoms with van der Waals surface area (Å²) in [6, 6.07) is 6.50. The Hall–Kier alpha value is -2.12. The SMILES string of the molecule is CO[C@]1(C)C[C@@H](C)CN(C)CCCN(C(=O)c2ccc(Cl)cc2)CCOC(=O)C(C)(C)C(=O)[C@H](C)[C@H]1O[C@@H]1O[C@H](C)C[C@H](N(C)C)[C@H]1O. The molecule has 11 nitrogen and oxygen atoms in total. The van der Waals surface area contributed by atoms with Crippen LogP contribution in [-0.4, -0.2) is 135 Å². The van der Waals surface area contributed by atoms with Crippen molar-refractivity contribution < 1.29 is 38.4 Å². The number of carbonyl (C=O) groups excluding carboxylic acids is 3. The van der Waals surface area contributed by atoms with E-state index in [1.54, 1.807) is 57.0 Å². The second-order valence-corrected chi connectivity index (χ2v) is 15.2. The Kier molecular flexibility index (Phi) is 14.4. The van der Waals surface area contributed by atoms with E-state index in [0.717, 1.165) is 13.1 Å². The molecule has 48 heavy (non-hydrogen) atoms. The van der Waals surface area contributed by atoms with E-state index in [0.29, 0.717) is 36.4 Å². The van der Waals surface area contributed by atoms with Crippen LogP contribution in [0, 0.1) is 17.3 Å². The minimum absolute atomic E-state index is 0.0717. The molecule has 2 aliphatic heterocycles. The number of hydrogen-bond acceptors (Lipinski definition) is 10. The molecule has 0 radical (unpaired) electrons. The van der Waals surface area contributed by atoms with E-state index in [1.807, 2.05) is 39.9 Å². The number of rotatable bonds is 5. The Morgan fingerprint density at radius 2 is 1.71 bits per heavy atom. The van der Waals surface area contributed by atoms with Crippen LogP contribution in [0.2, 0.25) is 5.02 Å². The van der Waals surface area contributed by atoms with Crippen LogP contribution >= 0.6 is 11.6 Å². The van der Waals surface area contributed by atoms with Crippen molar-refractivity contribution in [3.63, 3.8) is 0 Å². The van der Waals surface area contributed by atoms with Crippen LogP contribution in [0.15, 0.2) is 24.3 Å². The maximum Gasteiger partial charge on any atom is 0.319 e. The molecule has 2 fully saturated rings. The number of cyclic esters (lactones) is 1. The third-order valence-corrected chi connectivity index (χ3v) is 10.2. The average molecular weight is 696 g/mol. The van der Waals surface area contributed by atoms with Gasteiger partial charge in [0, 0.05) is 42.7 Å². The van der Waals surface area contributed by atoms with Crippen molar-refractivity contribution in [1.29, 1.82) is 0 Å². The van der Waals surface area contributed by atoms with Crippen molar-refractivity contribution in [3.05, 3.63) is 34.9 Å². The number of likely N-dealkylation sites (N-methyl/N-ethyl adjacent to an activating group) is 1. The lowest BCUT2D eigenvalue weighted by atomic mass is 9.74. The number of aliphatic hydroxyl groups is 1. The smallest absolute Gasteiger partial charge is 0.319 e. The van der Waals surface area contributed by atoms with E-state index in [1.165, 1.54) is 0 Å². The van der Waals surface area contributed by atoms with Crippen molar-refractivity contribution in [1.82, 2.24) is 14.7 Å². The number of carbonyl (C=O) groups is 3. The molecule has 2 heterocycles. The Balaban J connectivity index is 1.95. The average Bonchev–Trinajstić information content (AvgIpc) is 3.02. The second-order valence-electron chi connectivity index (χ2n) is 14.8. The molecule has 0 saturated carbocycles. The van der Waals surface area contributed by atoms with E-state index in [9.17, 15) is 19.5 Å². The van der Waals surface area contributed by atoms with Gasteiger partial charge in [-0.1, -0.05) is 25.4 Å². The Morgan fingerprint density at radius 1 is 1.06 bits per heavy atom. The van der Waals surface area contributed by atoms with Gasteiger partial charge < -0.3 is 38.8 Å².